The first kappa shape index (κ1) is 21.3. The second-order valence-electron chi connectivity index (χ2n) is 8.74. The maximum atomic E-state index is 13.2. The van der Waals surface area contributed by atoms with Crippen molar-refractivity contribution in [2.45, 2.75) is 65.5 Å². The maximum absolute atomic E-state index is 13.2. The van der Waals surface area contributed by atoms with Crippen molar-refractivity contribution >= 4 is 16.9 Å². The molecule has 1 unspecified atom stereocenters. The van der Waals surface area contributed by atoms with Crippen LogP contribution in [0, 0.1) is 13.8 Å². The molecule has 1 aromatic carbocycles. The van der Waals surface area contributed by atoms with Crippen molar-refractivity contribution in [3.63, 3.8) is 0 Å². The van der Waals surface area contributed by atoms with E-state index in [1.165, 1.54) is 16.7 Å². The van der Waals surface area contributed by atoms with Crippen LogP contribution in [0.25, 0.3) is 11.0 Å². The largest absolute Gasteiger partial charge is 0.497 e. The average Bonchev–Trinajstić information content (AvgIpc) is 3.41. The van der Waals surface area contributed by atoms with Crippen LogP contribution in [0.2, 0.25) is 0 Å². The minimum atomic E-state index is 0.158. The second-order valence-corrected chi connectivity index (χ2v) is 8.74. The van der Waals surface area contributed by atoms with Gasteiger partial charge in [-0.25, -0.2) is 9.67 Å². The molecule has 2 aromatic heterocycles. The molecule has 0 N–H and O–H groups in total. The summed E-state index contributed by atoms with van der Waals surface area (Å²) in [5.74, 6) is 1.06. The highest BCUT2D eigenvalue weighted by atomic mass is 16.5. The van der Waals surface area contributed by atoms with E-state index in [0.717, 1.165) is 41.9 Å². The predicted octanol–water partition coefficient (Wildman–Crippen LogP) is 4.93. The fourth-order valence-corrected chi connectivity index (χ4v) is 4.75. The Balaban J connectivity index is 1.50. The molecule has 4 rings (SSSR count). The van der Waals surface area contributed by atoms with Gasteiger partial charge in [0.15, 0.2) is 5.65 Å². The summed E-state index contributed by atoms with van der Waals surface area (Å²) < 4.78 is 7.23. The van der Waals surface area contributed by atoms with Crippen LogP contribution in [0.1, 0.15) is 67.6 Å². The van der Waals surface area contributed by atoms with Crippen molar-refractivity contribution < 1.29 is 9.53 Å². The Hall–Kier alpha value is -2.89. The molecular weight excluding hydrogens is 388 g/mol. The molecular formula is C25H32N4O2. The van der Waals surface area contributed by atoms with Crippen LogP contribution in [0.5, 0.6) is 5.75 Å². The van der Waals surface area contributed by atoms with E-state index < -0.39 is 0 Å². The number of likely N-dealkylation sites (tertiary alicyclic amines) is 1. The maximum Gasteiger partial charge on any atom is 0.223 e. The molecule has 164 valence electrons. The minimum absolute atomic E-state index is 0.158. The number of aryl methyl sites for hydroxylation is 2. The molecule has 0 spiro atoms. The number of rotatable bonds is 6. The molecule has 1 amide bonds. The highest BCUT2D eigenvalue weighted by Crippen LogP contribution is 2.34. The van der Waals surface area contributed by atoms with E-state index in [0.29, 0.717) is 12.8 Å². The third-order valence-corrected chi connectivity index (χ3v) is 6.49. The van der Waals surface area contributed by atoms with E-state index in [4.69, 9.17) is 9.72 Å². The molecule has 3 aromatic rings. The van der Waals surface area contributed by atoms with E-state index in [-0.39, 0.29) is 18.0 Å². The predicted molar refractivity (Wildman–Crippen MR) is 122 cm³/mol. The first-order chi connectivity index (χ1) is 14.9. The van der Waals surface area contributed by atoms with Crippen molar-refractivity contribution in [2.75, 3.05) is 13.7 Å². The highest BCUT2D eigenvalue weighted by Gasteiger charge is 2.30. The third-order valence-electron chi connectivity index (χ3n) is 6.49. The topological polar surface area (TPSA) is 60.2 Å². The van der Waals surface area contributed by atoms with Gasteiger partial charge in [0.05, 0.1) is 19.3 Å². The molecule has 6 heteroatoms. The summed E-state index contributed by atoms with van der Waals surface area (Å²) in [6.07, 6.45) is 5.17. The summed E-state index contributed by atoms with van der Waals surface area (Å²) >= 11 is 0. The number of pyridine rings is 1. The van der Waals surface area contributed by atoms with Gasteiger partial charge in [-0.2, -0.15) is 5.10 Å². The number of amides is 1. The van der Waals surface area contributed by atoms with E-state index >= 15 is 0 Å². The van der Waals surface area contributed by atoms with Gasteiger partial charge in [0.1, 0.15) is 5.75 Å². The van der Waals surface area contributed by atoms with Crippen molar-refractivity contribution in [3.8, 4) is 5.75 Å². The summed E-state index contributed by atoms with van der Waals surface area (Å²) in [5, 5.41) is 5.60. The van der Waals surface area contributed by atoms with Crippen LogP contribution in [-0.2, 0) is 11.2 Å². The highest BCUT2D eigenvalue weighted by molar-refractivity contribution is 5.81. The molecule has 1 fully saturated rings. The Labute approximate surface area is 184 Å². The molecule has 0 radical (unpaired) electrons. The Morgan fingerprint density at radius 3 is 2.65 bits per heavy atom. The van der Waals surface area contributed by atoms with E-state index in [9.17, 15) is 4.79 Å². The molecule has 1 atom stereocenters. The van der Waals surface area contributed by atoms with Crippen LogP contribution >= 0.6 is 0 Å². The summed E-state index contributed by atoms with van der Waals surface area (Å²) in [6, 6.07) is 8.52. The van der Waals surface area contributed by atoms with Gasteiger partial charge >= 0.3 is 0 Å². The lowest BCUT2D eigenvalue weighted by Gasteiger charge is -2.25. The quantitative estimate of drug-likeness (QED) is 0.567. The van der Waals surface area contributed by atoms with Gasteiger partial charge in [-0.15, -0.1) is 0 Å². The monoisotopic (exact) mass is 420 g/mol. The van der Waals surface area contributed by atoms with Crippen molar-refractivity contribution in [2.24, 2.45) is 0 Å². The van der Waals surface area contributed by atoms with Gasteiger partial charge in [-0.3, -0.25) is 4.79 Å². The van der Waals surface area contributed by atoms with Gasteiger partial charge in [0, 0.05) is 30.1 Å². The second kappa shape index (κ2) is 8.69. The Kier molecular flexibility index (Phi) is 5.99. The van der Waals surface area contributed by atoms with Crippen LogP contribution in [0.3, 0.4) is 0 Å². The van der Waals surface area contributed by atoms with Crippen LogP contribution in [0.15, 0.2) is 30.5 Å². The molecule has 1 aliphatic heterocycles. The fourth-order valence-electron chi connectivity index (χ4n) is 4.75. The molecule has 1 saturated heterocycles. The van der Waals surface area contributed by atoms with Gasteiger partial charge in [-0.05, 0) is 75.8 Å². The fraction of sp³-hybridized carbons (Fsp3) is 0.480. The number of nitrogens with zero attached hydrogens (tertiary/aromatic N) is 4. The lowest BCUT2D eigenvalue weighted by atomic mass is 9.99. The Morgan fingerprint density at radius 2 is 1.97 bits per heavy atom. The van der Waals surface area contributed by atoms with E-state index in [2.05, 4.69) is 42.9 Å². The Morgan fingerprint density at radius 1 is 1.23 bits per heavy atom. The SMILES string of the molecule is COc1ccc(C2CCCN2C(=O)CCc2c(C)nc3c(cnn3C(C)C)c2C)cc1. The number of aromatic nitrogens is 3. The van der Waals surface area contributed by atoms with Gasteiger partial charge < -0.3 is 9.64 Å². The smallest absolute Gasteiger partial charge is 0.223 e. The van der Waals surface area contributed by atoms with Crippen LogP contribution in [-0.4, -0.2) is 39.2 Å². The number of carbonyl (C=O) groups excluding carboxylic acids is 1. The Bertz CT molecular complexity index is 1090. The zero-order valence-corrected chi connectivity index (χ0v) is 19.2. The molecule has 31 heavy (non-hydrogen) atoms. The number of carbonyl (C=O) groups is 1. The number of hydrogen-bond donors (Lipinski definition) is 0. The third kappa shape index (κ3) is 4.03. The number of benzene rings is 1. The molecule has 1 aliphatic rings. The molecule has 6 nitrogen and oxygen atoms in total. The first-order valence-electron chi connectivity index (χ1n) is 11.2. The number of hydrogen-bond acceptors (Lipinski definition) is 4. The number of methoxy groups -OCH3 is 1. The van der Waals surface area contributed by atoms with Crippen molar-refractivity contribution in [1.82, 2.24) is 19.7 Å². The lowest BCUT2D eigenvalue weighted by Crippen LogP contribution is -2.30. The molecule has 3 heterocycles. The molecule has 0 bridgehead atoms. The summed E-state index contributed by atoms with van der Waals surface area (Å²) in [6.45, 7) is 9.21. The number of fused-ring (bicyclic) bond motifs is 1. The van der Waals surface area contributed by atoms with Gasteiger partial charge in [-0.1, -0.05) is 12.1 Å². The van der Waals surface area contributed by atoms with Crippen LogP contribution in [0.4, 0.5) is 0 Å². The van der Waals surface area contributed by atoms with E-state index in [1.54, 1.807) is 7.11 Å². The minimum Gasteiger partial charge on any atom is -0.497 e. The zero-order chi connectivity index (χ0) is 22.1. The summed E-state index contributed by atoms with van der Waals surface area (Å²) in [7, 11) is 1.67. The van der Waals surface area contributed by atoms with Gasteiger partial charge in [0.2, 0.25) is 5.91 Å². The van der Waals surface area contributed by atoms with Crippen molar-refractivity contribution in [3.05, 3.63) is 52.8 Å². The standard InChI is InChI=1S/C25H32N4O2/c1-16(2)29-25-22(15-26-29)17(3)21(18(4)27-25)12-13-24(30)28-14-6-7-23(28)19-8-10-20(31-5)11-9-19/h8-11,15-16,23H,6-7,12-14H2,1-5H3. The first-order valence-corrected chi connectivity index (χ1v) is 11.2. The van der Waals surface area contributed by atoms with E-state index in [1.807, 2.05) is 29.9 Å². The average molecular weight is 421 g/mol. The van der Waals surface area contributed by atoms with Crippen molar-refractivity contribution in [1.29, 1.82) is 0 Å². The normalized spacial score (nSPS) is 16.5. The van der Waals surface area contributed by atoms with Crippen LogP contribution < -0.4 is 4.74 Å². The summed E-state index contributed by atoms with van der Waals surface area (Å²) in [4.78, 5) is 20.1. The zero-order valence-electron chi connectivity index (χ0n) is 19.2. The number of ether oxygens (including phenoxy) is 1. The molecule has 0 aliphatic carbocycles. The van der Waals surface area contributed by atoms with Gasteiger partial charge in [0.25, 0.3) is 0 Å². The lowest BCUT2D eigenvalue weighted by molar-refractivity contribution is -0.132. The summed E-state index contributed by atoms with van der Waals surface area (Å²) in [5.41, 5.74) is 5.47. The molecule has 0 saturated carbocycles.